The number of carbonyl (C=O) groups excluding carboxylic acids is 1. The van der Waals surface area contributed by atoms with Crippen molar-refractivity contribution in [2.45, 2.75) is 25.9 Å². The average molecular weight is 389 g/mol. The second kappa shape index (κ2) is 8.37. The molecule has 0 saturated heterocycles. The molecule has 3 N–H and O–H groups in total. The van der Waals surface area contributed by atoms with Gasteiger partial charge in [0.25, 0.3) is 0 Å². The summed E-state index contributed by atoms with van der Waals surface area (Å²) < 4.78 is 38.9. The molecule has 0 aliphatic rings. The van der Waals surface area contributed by atoms with Crippen LogP contribution in [0.4, 0.5) is 18.0 Å². The van der Waals surface area contributed by atoms with E-state index in [1.54, 1.807) is 6.07 Å². The Hall–Kier alpha value is -2.96. The monoisotopic (exact) mass is 389 g/mol. The molecule has 28 heavy (non-hydrogen) atoms. The predicted octanol–water partition coefficient (Wildman–Crippen LogP) is 4.58. The number of hydrogen-bond acceptors (Lipinski definition) is 1. The Morgan fingerprint density at radius 3 is 2.36 bits per heavy atom. The second-order valence-corrected chi connectivity index (χ2v) is 6.61. The molecular weight excluding hydrogens is 367 g/mol. The fourth-order valence-corrected chi connectivity index (χ4v) is 3.35. The van der Waals surface area contributed by atoms with Crippen molar-refractivity contribution >= 4 is 16.9 Å². The summed E-state index contributed by atoms with van der Waals surface area (Å²) in [4.78, 5) is 15.3. The van der Waals surface area contributed by atoms with Gasteiger partial charge in [0.15, 0.2) is 0 Å². The molecule has 0 spiro atoms. The van der Waals surface area contributed by atoms with Gasteiger partial charge in [-0.15, -0.1) is 0 Å². The summed E-state index contributed by atoms with van der Waals surface area (Å²) in [7, 11) is 0. The number of aromatic nitrogens is 1. The Bertz CT molecular complexity index is 963. The molecule has 2 amide bonds. The van der Waals surface area contributed by atoms with Gasteiger partial charge in [-0.25, -0.2) is 4.79 Å². The highest BCUT2D eigenvalue weighted by molar-refractivity contribution is 5.84. The maximum atomic E-state index is 13.0. The highest BCUT2D eigenvalue weighted by atomic mass is 19.4. The Morgan fingerprint density at radius 2 is 1.61 bits per heavy atom. The van der Waals surface area contributed by atoms with Crippen molar-refractivity contribution in [2.24, 2.45) is 0 Å². The van der Waals surface area contributed by atoms with E-state index in [1.165, 1.54) is 12.1 Å². The van der Waals surface area contributed by atoms with Crippen LogP contribution < -0.4 is 10.6 Å². The summed E-state index contributed by atoms with van der Waals surface area (Å²) in [6, 6.07) is 13.0. The molecule has 0 unspecified atom stereocenters. The smallest absolute Gasteiger partial charge is 0.358 e. The fraction of sp³-hybridized carbons (Fsp3) is 0.286. The minimum atomic E-state index is -4.39. The van der Waals surface area contributed by atoms with Crippen LogP contribution in [0.15, 0.2) is 48.5 Å². The van der Waals surface area contributed by atoms with Crippen LogP contribution in [0.25, 0.3) is 10.9 Å². The van der Waals surface area contributed by atoms with Crippen LogP contribution in [0.1, 0.15) is 22.4 Å². The predicted molar refractivity (Wildman–Crippen MR) is 103 cm³/mol. The van der Waals surface area contributed by atoms with Gasteiger partial charge >= 0.3 is 12.2 Å². The number of rotatable bonds is 6. The number of hydrogen-bond donors (Lipinski definition) is 3. The molecule has 3 aromatic rings. The summed E-state index contributed by atoms with van der Waals surface area (Å²) in [5.41, 5.74) is 2.78. The summed E-state index contributed by atoms with van der Waals surface area (Å²) in [5.74, 6) is 0. The molecule has 0 saturated carbocycles. The Morgan fingerprint density at radius 1 is 0.964 bits per heavy atom. The van der Waals surface area contributed by atoms with Crippen LogP contribution in [0.2, 0.25) is 0 Å². The number of H-pyrrole nitrogens is 1. The number of aromatic amines is 1. The van der Waals surface area contributed by atoms with E-state index in [2.05, 4.69) is 15.6 Å². The number of amides is 2. The van der Waals surface area contributed by atoms with Crippen molar-refractivity contribution in [3.8, 4) is 0 Å². The Kier molecular flexibility index (Phi) is 5.92. The standard InChI is InChI=1S/C21H22F3N3O/c1-14-16(17-7-3-5-9-19(17)27-14)11-13-26-20(28)25-12-10-15-6-2-4-8-18(15)21(22,23)24/h2-9,27H,10-13H2,1H3,(H2,25,26,28). The SMILES string of the molecule is Cc1[nH]c2ccccc2c1CCNC(=O)NCCc1ccccc1C(F)(F)F. The van der Waals surface area contributed by atoms with Gasteiger partial charge in [0.05, 0.1) is 5.56 Å². The first-order chi connectivity index (χ1) is 13.4. The number of urea groups is 1. The lowest BCUT2D eigenvalue weighted by Gasteiger charge is -2.13. The minimum absolute atomic E-state index is 0.116. The number of nitrogens with one attached hydrogen (secondary N) is 3. The number of para-hydroxylation sites is 1. The normalized spacial score (nSPS) is 11.6. The van der Waals surface area contributed by atoms with Gasteiger partial charge in [-0.1, -0.05) is 36.4 Å². The van der Waals surface area contributed by atoms with Crippen molar-refractivity contribution in [1.29, 1.82) is 0 Å². The van der Waals surface area contributed by atoms with E-state index in [1.807, 2.05) is 31.2 Å². The molecule has 4 nitrogen and oxygen atoms in total. The quantitative estimate of drug-likeness (QED) is 0.568. The van der Waals surface area contributed by atoms with Crippen LogP contribution in [0.3, 0.4) is 0 Å². The van der Waals surface area contributed by atoms with Gasteiger partial charge in [-0.2, -0.15) is 13.2 Å². The molecule has 0 bridgehead atoms. The van der Waals surface area contributed by atoms with Crippen LogP contribution in [-0.2, 0) is 19.0 Å². The molecule has 2 aromatic carbocycles. The fourth-order valence-electron chi connectivity index (χ4n) is 3.35. The number of aryl methyl sites for hydroxylation is 1. The topological polar surface area (TPSA) is 56.9 Å². The molecule has 3 rings (SSSR count). The molecule has 1 heterocycles. The maximum absolute atomic E-state index is 13.0. The van der Waals surface area contributed by atoms with Crippen LogP contribution in [0.5, 0.6) is 0 Å². The number of halogens is 3. The molecule has 148 valence electrons. The van der Waals surface area contributed by atoms with Crippen molar-refractivity contribution in [2.75, 3.05) is 13.1 Å². The van der Waals surface area contributed by atoms with E-state index < -0.39 is 11.7 Å². The van der Waals surface area contributed by atoms with Crippen molar-refractivity contribution in [3.05, 3.63) is 70.9 Å². The minimum Gasteiger partial charge on any atom is -0.358 e. The van der Waals surface area contributed by atoms with Gasteiger partial charge in [0.1, 0.15) is 0 Å². The molecule has 0 aliphatic heterocycles. The van der Waals surface area contributed by atoms with E-state index in [0.717, 1.165) is 28.2 Å². The van der Waals surface area contributed by atoms with Gasteiger partial charge in [-0.3, -0.25) is 0 Å². The Labute approximate surface area is 161 Å². The van der Waals surface area contributed by atoms with Crippen molar-refractivity contribution in [1.82, 2.24) is 15.6 Å². The molecule has 0 radical (unpaired) electrons. The van der Waals surface area contributed by atoms with Crippen LogP contribution in [0, 0.1) is 6.92 Å². The van der Waals surface area contributed by atoms with E-state index in [9.17, 15) is 18.0 Å². The maximum Gasteiger partial charge on any atom is 0.416 e. The summed E-state index contributed by atoms with van der Waals surface area (Å²) >= 11 is 0. The third-order valence-corrected chi connectivity index (χ3v) is 4.69. The largest absolute Gasteiger partial charge is 0.416 e. The zero-order valence-corrected chi connectivity index (χ0v) is 15.5. The molecular formula is C21H22F3N3O. The summed E-state index contributed by atoms with van der Waals surface area (Å²) in [6.07, 6.45) is -3.61. The van der Waals surface area contributed by atoms with Crippen molar-refractivity contribution in [3.63, 3.8) is 0 Å². The lowest BCUT2D eigenvalue weighted by Crippen LogP contribution is -2.37. The molecule has 0 aliphatic carbocycles. The van der Waals surface area contributed by atoms with Gasteiger partial charge in [0, 0.05) is 29.7 Å². The molecule has 7 heteroatoms. The third-order valence-electron chi connectivity index (χ3n) is 4.69. The number of carbonyl (C=O) groups is 1. The van der Waals surface area contributed by atoms with Gasteiger partial charge in [0.2, 0.25) is 0 Å². The van der Waals surface area contributed by atoms with E-state index in [0.29, 0.717) is 13.0 Å². The first kappa shape index (κ1) is 19.8. The van der Waals surface area contributed by atoms with Crippen molar-refractivity contribution < 1.29 is 18.0 Å². The number of benzene rings is 2. The highest BCUT2D eigenvalue weighted by Crippen LogP contribution is 2.31. The van der Waals surface area contributed by atoms with E-state index in [4.69, 9.17) is 0 Å². The van der Waals surface area contributed by atoms with Crippen LogP contribution >= 0.6 is 0 Å². The summed E-state index contributed by atoms with van der Waals surface area (Å²) in [6.45, 7) is 2.56. The summed E-state index contributed by atoms with van der Waals surface area (Å²) in [5, 5.41) is 6.50. The second-order valence-electron chi connectivity index (χ2n) is 6.61. The lowest BCUT2D eigenvalue weighted by atomic mass is 10.0. The average Bonchev–Trinajstić information content (AvgIpc) is 2.97. The van der Waals surface area contributed by atoms with Gasteiger partial charge in [-0.05, 0) is 43.0 Å². The zero-order chi connectivity index (χ0) is 20.1. The zero-order valence-electron chi connectivity index (χ0n) is 15.5. The van der Waals surface area contributed by atoms with Gasteiger partial charge < -0.3 is 15.6 Å². The molecule has 0 fully saturated rings. The first-order valence-electron chi connectivity index (χ1n) is 9.09. The van der Waals surface area contributed by atoms with E-state index >= 15 is 0 Å². The lowest BCUT2D eigenvalue weighted by molar-refractivity contribution is -0.138. The third kappa shape index (κ3) is 4.65. The Balaban J connectivity index is 1.47. The number of fused-ring (bicyclic) bond motifs is 1. The van der Waals surface area contributed by atoms with E-state index in [-0.39, 0.29) is 24.6 Å². The molecule has 0 atom stereocenters. The van der Waals surface area contributed by atoms with Crippen LogP contribution in [-0.4, -0.2) is 24.1 Å². The first-order valence-corrected chi connectivity index (χ1v) is 9.09. The molecule has 1 aromatic heterocycles. The highest BCUT2D eigenvalue weighted by Gasteiger charge is 2.32. The number of alkyl halides is 3.